The number of fused-ring (bicyclic) bond motifs is 2. The Morgan fingerprint density at radius 1 is 0.966 bits per heavy atom. The minimum absolute atomic E-state index is 0. The average Bonchev–Trinajstić information content (AvgIpc) is 3.69. The number of hydrogen-bond donors (Lipinski definition) is 2. The number of amides is 1. The van der Waals surface area contributed by atoms with Gasteiger partial charge in [0.2, 0.25) is 5.91 Å². The number of carbonyl (C=O) groups excluding carboxylic acids is 2. The lowest BCUT2D eigenvalue weighted by Crippen LogP contribution is -2.28. The summed E-state index contributed by atoms with van der Waals surface area (Å²) in [7, 11) is 0. The van der Waals surface area contributed by atoms with Crippen LogP contribution >= 0.6 is 9.90 Å². The van der Waals surface area contributed by atoms with E-state index in [-0.39, 0.29) is 21.1 Å². The molecule has 1 amide bonds. The number of benzene rings is 3. The summed E-state index contributed by atoms with van der Waals surface area (Å²) in [5.74, 6) is -3.28. The van der Waals surface area contributed by atoms with Crippen molar-refractivity contribution in [1.29, 1.82) is 0 Å². The molecule has 3 aromatic carbocycles. The molecule has 58 heavy (non-hydrogen) atoms. The van der Waals surface area contributed by atoms with E-state index < -0.39 is 47.2 Å². The van der Waals surface area contributed by atoms with Crippen LogP contribution in [0.25, 0.3) is 10.9 Å². The van der Waals surface area contributed by atoms with Gasteiger partial charge < -0.3 is 34.6 Å². The Bertz CT molecular complexity index is 2070. The summed E-state index contributed by atoms with van der Waals surface area (Å²) in [6.45, 7) is 14.9. The van der Waals surface area contributed by atoms with E-state index in [2.05, 4.69) is 26.4 Å². The largest absolute Gasteiger partial charge is 0.586 e. The molecule has 0 aliphatic carbocycles. The Balaban J connectivity index is 0.00000295. The molecule has 5 rings (SSSR count). The van der Waals surface area contributed by atoms with Crippen LogP contribution in [0.2, 0.25) is 0 Å². The molecule has 1 aliphatic heterocycles. The number of carbonyl (C=O) groups is 2. The van der Waals surface area contributed by atoms with Gasteiger partial charge in [-0.3, -0.25) is 14.6 Å². The van der Waals surface area contributed by atoms with Gasteiger partial charge in [0.05, 0.1) is 37.4 Å². The van der Waals surface area contributed by atoms with Crippen LogP contribution in [0.4, 0.5) is 23.2 Å². The Morgan fingerprint density at radius 2 is 1.62 bits per heavy atom. The zero-order chi connectivity index (χ0) is 41.6. The molecule has 1 aliphatic rings. The summed E-state index contributed by atoms with van der Waals surface area (Å²) in [6, 6.07) is 14.3. The molecule has 1 unspecified atom stereocenters. The number of anilines is 1. The number of nitrogens with one attached hydrogen (secondary N) is 1. The number of nitrogens with two attached hydrogens (primary N) is 1. The highest BCUT2D eigenvalue weighted by Gasteiger charge is 2.44. The van der Waals surface area contributed by atoms with Gasteiger partial charge in [-0.15, -0.1) is 15.4 Å². The number of aliphatic imine (C=N–C) groups is 1. The monoisotopic (exact) mass is 828 g/mol. The fourth-order valence-corrected chi connectivity index (χ4v) is 6.07. The quantitative estimate of drug-likeness (QED) is 0.0173. The van der Waals surface area contributed by atoms with Crippen molar-refractivity contribution in [3.63, 3.8) is 0 Å². The second-order valence-corrected chi connectivity index (χ2v) is 13.7. The summed E-state index contributed by atoms with van der Waals surface area (Å²) < 4.78 is 79.2. The summed E-state index contributed by atoms with van der Waals surface area (Å²) in [5, 5.41) is 3.13. The molecule has 0 saturated carbocycles. The van der Waals surface area contributed by atoms with E-state index in [9.17, 15) is 22.8 Å². The van der Waals surface area contributed by atoms with Gasteiger partial charge in [0.15, 0.2) is 17.8 Å². The Labute approximate surface area is 340 Å². The molecular weight excluding hydrogens is 775 g/mol. The molecule has 314 valence electrons. The first-order valence-corrected chi connectivity index (χ1v) is 18.7. The number of nitrogens with zero attached hydrogens (tertiary/aromatic N) is 2. The number of halogens is 4. The van der Waals surface area contributed by atoms with E-state index in [1.807, 2.05) is 62.6 Å². The number of allylic oxidation sites excluding steroid dienone is 2. The number of ether oxygens (including phenoxy) is 4. The van der Waals surface area contributed by atoms with Gasteiger partial charge in [-0.05, 0) is 48.6 Å². The highest BCUT2D eigenvalue weighted by molar-refractivity contribution is 6.92. The number of rotatable bonds is 20. The normalized spacial score (nSPS) is 13.2. The van der Waals surface area contributed by atoms with Crippen molar-refractivity contribution in [3.05, 3.63) is 113 Å². The SMILES string of the molecule is C=CCn1c(C(C)(C)COCCCCCOCc2ccc(CN=C/C(C=O)=C\N)cc2)cc2cc(NC(=O)Cc3cc4c(cc3F)OC(F)(F)O4)c(F)cc21.CC.P. The maximum Gasteiger partial charge on any atom is 0.586 e. The summed E-state index contributed by atoms with van der Waals surface area (Å²) >= 11 is 0. The highest BCUT2D eigenvalue weighted by Crippen LogP contribution is 2.42. The van der Waals surface area contributed by atoms with Crippen LogP contribution in [0.1, 0.15) is 69.3 Å². The first-order chi connectivity index (χ1) is 27.3. The molecule has 0 bridgehead atoms. The van der Waals surface area contributed by atoms with Crippen LogP contribution in [0.3, 0.4) is 0 Å². The first-order valence-electron chi connectivity index (χ1n) is 18.7. The minimum atomic E-state index is -3.93. The number of unbranched alkanes of at least 4 members (excludes halogenated alkanes) is 2. The van der Waals surface area contributed by atoms with Crippen LogP contribution in [0.5, 0.6) is 11.5 Å². The summed E-state index contributed by atoms with van der Waals surface area (Å²) in [5.41, 5.74) is 8.40. The van der Waals surface area contributed by atoms with E-state index in [0.29, 0.717) is 62.3 Å². The van der Waals surface area contributed by atoms with Crippen molar-refractivity contribution in [2.75, 3.05) is 25.1 Å². The van der Waals surface area contributed by atoms with Gasteiger partial charge in [-0.2, -0.15) is 9.90 Å². The zero-order valence-electron chi connectivity index (χ0n) is 33.4. The van der Waals surface area contributed by atoms with Crippen LogP contribution in [-0.2, 0) is 50.6 Å². The van der Waals surface area contributed by atoms with Gasteiger partial charge in [0, 0.05) is 71.9 Å². The van der Waals surface area contributed by atoms with Crippen LogP contribution in [0.15, 0.2) is 84.0 Å². The van der Waals surface area contributed by atoms with Crippen molar-refractivity contribution in [2.24, 2.45) is 10.7 Å². The maximum atomic E-state index is 15.4. The van der Waals surface area contributed by atoms with Crippen molar-refractivity contribution in [3.8, 4) is 11.5 Å². The van der Waals surface area contributed by atoms with Crippen molar-refractivity contribution >= 4 is 44.9 Å². The van der Waals surface area contributed by atoms with Gasteiger partial charge >= 0.3 is 6.29 Å². The third kappa shape index (κ3) is 13.0. The standard InChI is InChI=1S/C41H44F4N4O6.C2H6.H3P/c1-4-12-49-35-19-33(43)34(48-39(51)18-30-16-36-37(20-32(30)42)55-41(44,45)54-36)15-31(35)17-38(49)40(2,3)26-53-14-7-5-6-13-52-25-28-10-8-27(9-11-28)22-47-23-29(21-46)24-50;1-2;/h4,8-11,15-17,19-21,23-24H,1,5-7,12-14,18,22,25-26,46H2,2-3H3,(H,48,51);1-2H3;1H3/b29-21+,47-23?;;. The highest BCUT2D eigenvalue weighted by atomic mass is 31.0. The van der Waals surface area contributed by atoms with Gasteiger partial charge in [-0.1, -0.05) is 58.0 Å². The molecule has 15 heteroatoms. The van der Waals surface area contributed by atoms with Crippen LogP contribution in [0, 0.1) is 11.6 Å². The Hall–Kier alpha value is -5.04. The molecule has 1 aromatic heterocycles. The van der Waals surface area contributed by atoms with E-state index in [0.717, 1.165) is 48.2 Å². The van der Waals surface area contributed by atoms with E-state index in [1.54, 1.807) is 6.08 Å². The number of aldehydes is 1. The molecule has 4 aromatic rings. The smallest absolute Gasteiger partial charge is 0.404 e. The molecule has 10 nitrogen and oxygen atoms in total. The first kappa shape index (κ1) is 47.3. The average molecular weight is 829 g/mol. The van der Waals surface area contributed by atoms with Crippen LogP contribution < -0.4 is 20.5 Å². The number of alkyl halides is 2. The van der Waals surface area contributed by atoms with Gasteiger partial charge in [0.25, 0.3) is 0 Å². The minimum Gasteiger partial charge on any atom is -0.404 e. The van der Waals surface area contributed by atoms with Crippen LogP contribution in [-0.4, -0.2) is 49.1 Å². The van der Waals surface area contributed by atoms with E-state index in [4.69, 9.17) is 15.2 Å². The molecule has 0 radical (unpaired) electrons. The number of aromatic nitrogens is 1. The third-order valence-corrected chi connectivity index (χ3v) is 8.87. The molecule has 2 heterocycles. The molecule has 0 saturated heterocycles. The summed E-state index contributed by atoms with van der Waals surface area (Å²) in [6.07, 6.45) is 3.20. The molecule has 1 atom stereocenters. The van der Waals surface area contributed by atoms with Gasteiger partial charge in [0.1, 0.15) is 11.6 Å². The molecule has 0 fully saturated rings. The predicted molar refractivity (Wildman–Crippen MR) is 224 cm³/mol. The van der Waals surface area contributed by atoms with E-state index >= 15 is 4.39 Å². The maximum absolute atomic E-state index is 15.4. The second-order valence-electron chi connectivity index (χ2n) is 13.7. The lowest BCUT2D eigenvalue weighted by atomic mass is 9.90. The Morgan fingerprint density at radius 3 is 2.28 bits per heavy atom. The molecule has 3 N–H and O–H groups in total. The van der Waals surface area contributed by atoms with Crippen molar-refractivity contribution in [2.45, 2.75) is 84.8 Å². The topological polar surface area (TPSA) is 126 Å². The molecule has 0 spiro atoms. The lowest BCUT2D eigenvalue weighted by molar-refractivity contribution is -0.286. The van der Waals surface area contributed by atoms with Crippen molar-refractivity contribution in [1.82, 2.24) is 4.57 Å². The predicted octanol–water partition coefficient (Wildman–Crippen LogP) is 8.99. The third-order valence-electron chi connectivity index (χ3n) is 8.87. The molecular formula is C43H53F4N4O6P. The summed E-state index contributed by atoms with van der Waals surface area (Å²) in [4.78, 5) is 27.8. The second kappa shape index (κ2) is 22.2. The van der Waals surface area contributed by atoms with E-state index in [1.165, 1.54) is 24.5 Å². The fourth-order valence-electron chi connectivity index (χ4n) is 6.07. The lowest BCUT2D eigenvalue weighted by Gasteiger charge is -2.26. The van der Waals surface area contributed by atoms with Crippen molar-refractivity contribution < 1.29 is 46.1 Å². The fraction of sp³-hybridized carbons (Fsp3) is 0.372. The van der Waals surface area contributed by atoms with Gasteiger partial charge in [-0.25, -0.2) is 8.78 Å². The zero-order valence-corrected chi connectivity index (χ0v) is 34.8. The number of hydrogen-bond acceptors (Lipinski definition) is 8. The Kier molecular flexibility index (Phi) is 18.1.